The first-order chi connectivity index (χ1) is 9.35. The van der Waals surface area contributed by atoms with Gasteiger partial charge < -0.3 is 15.4 Å². The van der Waals surface area contributed by atoms with E-state index in [0.717, 1.165) is 24.7 Å². The molecule has 0 fully saturated rings. The van der Waals surface area contributed by atoms with Gasteiger partial charge in [-0.1, -0.05) is 17.7 Å². The zero-order chi connectivity index (χ0) is 15.2. The van der Waals surface area contributed by atoms with Crippen molar-refractivity contribution in [2.24, 2.45) is 4.99 Å². The molecular weight excluding hydrogens is 250 g/mol. The third-order valence-electron chi connectivity index (χ3n) is 2.84. The SMILES string of the molecule is CN=C(NCCc1cc(C)ccc1OC)NC(C)(C)C. The second kappa shape index (κ2) is 7.17. The molecule has 4 nitrogen and oxygen atoms in total. The van der Waals surface area contributed by atoms with Crippen LogP contribution >= 0.6 is 0 Å². The number of hydrogen-bond acceptors (Lipinski definition) is 2. The molecule has 0 aromatic heterocycles. The van der Waals surface area contributed by atoms with Crippen molar-refractivity contribution in [3.8, 4) is 5.75 Å². The number of ether oxygens (including phenoxy) is 1. The summed E-state index contributed by atoms with van der Waals surface area (Å²) >= 11 is 0. The van der Waals surface area contributed by atoms with Gasteiger partial charge in [-0.3, -0.25) is 4.99 Å². The number of hydrogen-bond donors (Lipinski definition) is 2. The van der Waals surface area contributed by atoms with Crippen LogP contribution in [0.5, 0.6) is 5.75 Å². The minimum Gasteiger partial charge on any atom is -0.496 e. The van der Waals surface area contributed by atoms with Crippen molar-refractivity contribution in [1.29, 1.82) is 0 Å². The fraction of sp³-hybridized carbons (Fsp3) is 0.562. The van der Waals surface area contributed by atoms with Gasteiger partial charge in [0.1, 0.15) is 5.75 Å². The summed E-state index contributed by atoms with van der Waals surface area (Å²) in [6, 6.07) is 6.25. The number of guanidine groups is 1. The number of benzene rings is 1. The number of aryl methyl sites for hydroxylation is 1. The second-order valence-electron chi connectivity index (χ2n) is 5.94. The van der Waals surface area contributed by atoms with Gasteiger partial charge in [0.2, 0.25) is 0 Å². The Labute approximate surface area is 122 Å². The lowest BCUT2D eigenvalue weighted by Gasteiger charge is -2.23. The fourth-order valence-corrected chi connectivity index (χ4v) is 1.95. The Morgan fingerprint density at radius 3 is 2.55 bits per heavy atom. The van der Waals surface area contributed by atoms with Crippen LogP contribution in [0.1, 0.15) is 31.9 Å². The molecule has 1 aromatic rings. The second-order valence-corrected chi connectivity index (χ2v) is 5.94. The predicted octanol–water partition coefficient (Wildman–Crippen LogP) is 2.51. The highest BCUT2D eigenvalue weighted by molar-refractivity contribution is 5.80. The van der Waals surface area contributed by atoms with Crippen molar-refractivity contribution in [3.63, 3.8) is 0 Å². The van der Waals surface area contributed by atoms with E-state index >= 15 is 0 Å². The van der Waals surface area contributed by atoms with Gasteiger partial charge in [0, 0.05) is 19.1 Å². The van der Waals surface area contributed by atoms with E-state index in [1.165, 1.54) is 11.1 Å². The van der Waals surface area contributed by atoms with Crippen LogP contribution in [0.3, 0.4) is 0 Å². The molecule has 20 heavy (non-hydrogen) atoms. The van der Waals surface area contributed by atoms with Crippen LogP contribution in [0.2, 0.25) is 0 Å². The van der Waals surface area contributed by atoms with Crippen LogP contribution in [0.4, 0.5) is 0 Å². The minimum absolute atomic E-state index is 0.00285. The summed E-state index contributed by atoms with van der Waals surface area (Å²) in [7, 11) is 3.50. The van der Waals surface area contributed by atoms with E-state index in [1.807, 2.05) is 6.07 Å². The predicted molar refractivity (Wildman–Crippen MR) is 85.7 cm³/mol. The average Bonchev–Trinajstić information content (AvgIpc) is 2.36. The molecule has 0 atom stereocenters. The largest absolute Gasteiger partial charge is 0.496 e. The van der Waals surface area contributed by atoms with E-state index in [4.69, 9.17) is 4.74 Å². The zero-order valence-corrected chi connectivity index (χ0v) is 13.5. The highest BCUT2D eigenvalue weighted by Gasteiger charge is 2.11. The maximum Gasteiger partial charge on any atom is 0.191 e. The number of aliphatic imine (C=N–C) groups is 1. The van der Waals surface area contributed by atoms with Crippen molar-refractivity contribution < 1.29 is 4.74 Å². The molecule has 0 spiro atoms. The van der Waals surface area contributed by atoms with Crippen molar-refractivity contribution in [1.82, 2.24) is 10.6 Å². The highest BCUT2D eigenvalue weighted by Crippen LogP contribution is 2.19. The van der Waals surface area contributed by atoms with Gasteiger partial charge in [0.05, 0.1) is 7.11 Å². The van der Waals surface area contributed by atoms with Crippen LogP contribution in [0.25, 0.3) is 0 Å². The molecule has 0 aliphatic heterocycles. The lowest BCUT2D eigenvalue weighted by Crippen LogP contribution is -2.48. The average molecular weight is 277 g/mol. The Balaban J connectivity index is 2.57. The molecule has 4 heteroatoms. The van der Waals surface area contributed by atoms with Gasteiger partial charge >= 0.3 is 0 Å². The van der Waals surface area contributed by atoms with E-state index in [9.17, 15) is 0 Å². The first-order valence-corrected chi connectivity index (χ1v) is 6.98. The van der Waals surface area contributed by atoms with E-state index in [2.05, 4.69) is 55.5 Å². The minimum atomic E-state index is 0.00285. The Morgan fingerprint density at radius 1 is 1.30 bits per heavy atom. The summed E-state index contributed by atoms with van der Waals surface area (Å²) in [5.41, 5.74) is 2.47. The van der Waals surface area contributed by atoms with E-state index in [0.29, 0.717) is 0 Å². The molecule has 0 unspecified atom stereocenters. The third kappa shape index (κ3) is 5.51. The molecule has 0 saturated heterocycles. The van der Waals surface area contributed by atoms with Crippen LogP contribution in [-0.2, 0) is 6.42 Å². The molecule has 1 rings (SSSR count). The summed E-state index contributed by atoms with van der Waals surface area (Å²) in [5.74, 6) is 1.76. The summed E-state index contributed by atoms with van der Waals surface area (Å²) in [4.78, 5) is 4.23. The van der Waals surface area contributed by atoms with Gasteiger partial charge in [-0.25, -0.2) is 0 Å². The first-order valence-electron chi connectivity index (χ1n) is 6.98. The standard InChI is InChI=1S/C16H27N3O/c1-12-7-8-14(20-6)13(11-12)9-10-18-15(17-5)19-16(2,3)4/h7-8,11H,9-10H2,1-6H3,(H2,17,18,19). The summed E-state index contributed by atoms with van der Waals surface area (Å²) in [6.45, 7) is 9.25. The topological polar surface area (TPSA) is 45.7 Å². The third-order valence-corrected chi connectivity index (χ3v) is 2.84. The maximum atomic E-state index is 5.39. The van der Waals surface area contributed by atoms with Crippen molar-refractivity contribution in [3.05, 3.63) is 29.3 Å². The number of methoxy groups -OCH3 is 1. The Bertz CT molecular complexity index is 461. The Hall–Kier alpha value is -1.71. The van der Waals surface area contributed by atoms with Gasteiger partial charge in [0.15, 0.2) is 5.96 Å². The number of nitrogens with zero attached hydrogens (tertiary/aromatic N) is 1. The molecule has 0 aliphatic carbocycles. The van der Waals surface area contributed by atoms with E-state index < -0.39 is 0 Å². The number of nitrogens with one attached hydrogen (secondary N) is 2. The Kier molecular flexibility index (Phi) is 5.86. The Morgan fingerprint density at radius 2 is 2.00 bits per heavy atom. The quantitative estimate of drug-likeness (QED) is 0.656. The molecule has 0 heterocycles. The van der Waals surface area contributed by atoms with Gasteiger partial charge in [-0.05, 0) is 45.7 Å². The lowest BCUT2D eigenvalue weighted by molar-refractivity contribution is 0.409. The fourth-order valence-electron chi connectivity index (χ4n) is 1.95. The summed E-state index contributed by atoms with van der Waals surface area (Å²) < 4.78 is 5.39. The molecular formula is C16H27N3O. The molecule has 0 radical (unpaired) electrons. The van der Waals surface area contributed by atoms with E-state index in [-0.39, 0.29) is 5.54 Å². The van der Waals surface area contributed by atoms with Gasteiger partial charge in [-0.2, -0.15) is 0 Å². The highest BCUT2D eigenvalue weighted by atomic mass is 16.5. The molecule has 0 saturated carbocycles. The summed E-state index contributed by atoms with van der Waals surface area (Å²) in [6.07, 6.45) is 0.899. The molecule has 0 aliphatic rings. The van der Waals surface area contributed by atoms with Crippen molar-refractivity contribution >= 4 is 5.96 Å². The van der Waals surface area contributed by atoms with Crippen LogP contribution in [-0.4, -0.2) is 32.2 Å². The lowest BCUT2D eigenvalue weighted by atomic mass is 10.1. The molecule has 112 valence electrons. The maximum absolute atomic E-state index is 5.39. The van der Waals surface area contributed by atoms with Crippen LogP contribution in [0.15, 0.2) is 23.2 Å². The molecule has 0 amide bonds. The van der Waals surface area contributed by atoms with Crippen molar-refractivity contribution in [2.75, 3.05) is 20.7 Å². The first kappa shape index (κ1) is 16.3. The molecule has 0 bridgehead atoms. The smallest absolute Gasteiger partial charge is 0.191 e. The van der Waals surface area contributed by atoms with Crippen LogP contribution < -0.4 is 15.4 Å². The van der Waals surface area contributed by atoms with Crippen LogP contribution in [0, 0.1) is 6.92 Å². The normalized spacial score (nSPS) is 12.2. The van der Waals surface area contributed by atoms with E-state index in [1.54, 1.807) is 14.2 Å². The molecule has 2 N–H and O–H groups in total. The van der Waals surface area contributed by atoms with Crippen molar-refractivity contribution in [2.45, 2.75) is 39.7 Å². The zero-order valence-electron chi connectivity index (χ0n) is 13.5. The van der Waals surface area contributed by atoms with Gasteiger partial charge in [-0.15, -0.1) is 0 Å². The monoisotopic (exact) mass is 277 g/mol. The van der Waals surface area contributed by atoms with Gasteiger partial charge in [0.25, 0.3) is 0 Å². The number of rotatable bonds is 4. The molecule has 1 aromatic carbocycles. The summed E-state index contributed by atoms with van der Waals surface area (Å²) in [5, 5.41) is 6.67.